The minimum absolute atomic E-state index is 0.129. The Kier molecular flexibility index (Phi) is 8.76. The Labute approximate surface area is 251 Å². The van der Waals surface area contributed by atoms with Crippen LogP contribution in [0.2, 0.25) is 0 Å². The van der Waals surface area contributed by atoms with Crippen LogP contribution in [-0.4, -0.2) is 70.5 Å². The summed E-state index contributed by atoms with van der Waals surface area (Å²) in [6.45, 7) is 2.48. The number of pyridine rings is 1. The highest BCUT2D eigenvalue weighted by molar-refractivity contribution is 7.92. The molecule has 44 heavy (non-hydrogen) atoms. The first kappa shape index (κ1) is 30.8. The second kappa shape index (κ2) is 12.5. The number of ether oxygens (including phenoxy) is 1. The molecule has 2 aromatic carbocycles. The van der Waals surface area contributed by atoms with Crippen molar-refractivity contribution in [2.45, 2.75) is 38.4 Å². The molecule has 11 nitrogen and oxygen atoms in total. The number of amides is 1. The predicted molar refractivity (Wildman–Crippen MR) is 158 cm³/mol. The Hall–Kier alpha value is -4.66. The number of hydrogen-bond donors (Lipinski definition) is 3. The monoisotopic (exact) mass is 630 g/mol. The summed E-state index contributed by atoms with van der Waals surface area (Å²) < 4.78 is 71.6. The van der Waals surface area contributed by atoms with Crippen molar-refractivity contribution in [2.24, 2.45) is 0 Å². The fraction of sp³-hybridized carbons (Fsp3) is 0.310. The number of sulfonamides is 1. The third-order valence-electron chi connectivity index (χ3n) is 7.03. The first-order chi connectivity index (χ1) is 20.9. The fourth-order valence-corrected chi connectivity index (χ4v) is 6.08. The van der Waals surface area contributed by atoms with Gasteiger partial charge in [-0.05, 0) is 49.6 Å². The predicted octanol–water partition coefficient (Wildman–Crippen LogP) is 6.04. The summed E-state index contributed by atoms with van der Waals surface area (Å²) in [5.41, 5.74) is 1.67. The van der Waals surface area contributed by atoms with Crippen molar-refractivity contribution in [2.75, 3.05) is 28.9 Å². The maximum absolute atomic E-state index is 12.7. The number of alkyl halides is 3. The van der Waals surface area contributed by atoms with Gasteiger partial charge in [-0.25, -0.2) is 28.2 Å². The summed E-state index contributed by atoms with van der Waals surface area (Å²) >= 11 is 0. The molecule has 0 bridgehead atoms. The number of hydrogen-bond acceptors (Lipinski definition) is 8. The van der Waals surface area contributed by atoms with Gasteiger partial charge in [0.2, 0.25) is 21.9 Å². The van der Waals surface area contributed by atoms with Crippen LogP contribution in [0.15, 0.2) is 60.9 Å². The second-order valence-electron chi connectivity index (χ2n) is 10.3. The minimum atomic E-state index is -4.61. The maximum atomic E-state index is 12.7. The van der Waals surface area contributed by atoms with E-state index in [9.17, 15) is 31.5 Å². The highest BCUT2D eigenvalue weighted by atomic mass is 32.2. The van der Waals surface area contributed by atoms with E-state index in [-0.39, 0.29) is 17.6 Å². The van der Waals surface area contributed by atoms with E-state index >= 15 is 0 Å². The van der Waals surface area contributed by atoms with Crippen LogP contribution >= 0.6 is 0 Å². The smallest absolute Gasteiger partial charge is 0.407 e. The van der Waals surface area contributed by atoms with Crippen molar-refractivity contribution >= 4 is 38.5 Å². The van der Waals surface area contributed by atoms with Crippen LogP contribution in [-0.2, 0) is 10.0 Å². The molecule has 1 aliphatic heterocycles. The van der Waals surface area contributed by atoms with Crippen molar-refractivity contribution in [3.8, 4) is 22.9 Å². The summed E-state index contributed by atoms with van der Waals surface area (Å²) in [7, 11) is -4.29. The topological polar surface area (TPSA) is 147 Å². The molecule has 0 saturated carbocycles. The van der Waals surface area contributed by atoms with Gasteiger partial charge in [-0.3, -0.25) is 4.72 Å². The SMILES string of the molecule is Cc1cc(NS(=O)(=O)CCC(F)(F)F)c2ccccc2c1Oc1ncccc1-c1ccnc(N[C@H]2CCCN(C(=O)O)C2)n1. The highest BCUT2D eigenvalue weighted by Crippen LogP contribution is 2.40. The van der Waals surface area contributed by atoms with E-state index in [0.717, 1.165) is 6.42 Å². The van der Waals surface area contributed by atoms with Crippen LogP contribution in [0.25, 0.3) is 22.0 Å². The summed E-state index contributed by atoms with van der Waals surface area (Å²) in [5.74, 6) is -0.201. The lowest BCUT2D eigenvalue weighted by Crippen LogP contribution is -2.44. The van der Waals surface area contributed by atoms with Crippen LogP contribution in [0.1, 0.15) is 24.8 Å². The Bertz CT molecular complexity index is 1790. The van der Waals surface area contributed by atoms with Crippen LogP contribution in [0.5, 0.6) is 11.6 Å². The lowest BCUT2D eigenvalue weighted by atomic mass is 10.0. The summed E-state index contributed by atoms with van der Waals surface area (Å²) in [5, 5.41) is 13.5. The number of rotatable bonds is 9. The summed E-state index contributed by atoms with van der Waals surface area (Å²) in [6, 6.07) is 13.3. The van der Waals surface area contributed by atoms with E-state index in [1.165, 1.54) is 11.0 Å². The summed E-state index contributed by atoms with van der Waals surface area (Å²) in [6.07, 6.45) is -2.46. The van der Waals surface area contributed by atoms with Gasteiger partial charge in [0.15, 0.2) is 0 Å². The maximum Gasteiger partial charge on any atom is 0.407 e. The van der Waals surface area contributed by atoms with E-state index in [1.807, 2.05) is 0 Å². The third-order valence-corrected chi connectivity index (χ3v) is 8.30. The normalized spacial score (nSPS) is 15.6. The van der Waals surface area contributed by atoms with E-state index in [0.29, 0.717) is 58.8 Å². The number of likely N-dealkylation sites (tertiary alicyclic amines) is 1. The van der Waals surface area contributed by atoms with Crippen LogP contribution < -0.4 is 14.8 Å². The lowest BCUT2D eigenvalue weighted by Gasteiger charge is -2.31. The summed E-state index contributed by atoms with van der Waals surface area (Å²) in [4.78, 5) is 26.1. The number of piperidine rings is 1. The average Bonchev–Trinajstić information content (AvgIpc) is 2.98. The number of benzene rings is 2. The molecule has 3 N–H and O–H groups in total. The number of halogens is 3. The molecule has 15 heteroatoms. The number of nitrogens with zero attached hydrogens (tertiary/aromatic N) is 4. The lowest BCUT2D eigenvalue weighted by molar-refractivity contribution is -0.129. The molecule has 3 heterocycles. The molecule has 5 rings (SSSR count). The Morgan fingerprint density at radius 3 is 2.64 bits per heavy atom. The van der Waals surface area contributed by atoms with Crippen molar-refractivity contribution in [3.05, 3.63) is 66.5 Å². The fourth-order valence-electron chi connectivity index (χ4n) is 4.97. The second-order valence-corrected chi connectivity index (χ2v) is 12.2. The van der Waals surface area contributed by atoms with Gasteiger partial charge in [-0.15, -0.1) is 0 Å². The largest absolute Gasteiger partial charge is 0.465 e. The Balaban J connectivity index is 1.43. The van der Waals surface area contributed by atoms with Crippen LogP contribution in [0, 0.1) is 6.92 Å². The van der Waals surface area contributed by atoms with Crippen molar-refractivity contribution in [1.82, 2.24) is 19.9 Å². The molecule has 1 aliphatic rings. The molecule has 232 valence electrons. The van der Waals surface area contributed by atoms with Gasteiger partial charge in [0, 0.05) is 42.3 Å². The number of aryl methyl sites for hydroxylation is 1. The van der Waals surface area contributed by atoms with Gasteiger partial charge in [0.05, 0.1) is 29.1 Å². The standard InChI is InChI=1S/C29H29F3N6O5S/c1-18-16-24(37-44(41,42)15-11-29(30,31)32)20-7-2-3-8-21(20)25(18)43-26-22(9-4-12-33-26)23-10-13-34-27(36-23)35-19-6-5-14-38(17-19)28(39)40/h2-4,7-10,12-13,16,19,37H,5-6,11,14-15,17H2,1H3,(H,39,40)(H,34,35,36)/t19-/m0/s1. The number of carboxylic acid groups (broad SMARTS) is 1. The molecular formula is C29H29F3N6O5S. The quantitative estimate of drug-likeness (QED) is 0.201. The Morgan fingerprint density at radius 1 is 1.11 bits per heavy atom. The first-order valence-corrected chi connectivity index (χ1v) is 15.3. The number of aromatic nitrogens is 3. The van der Waals surface area contributed by atoms with E-state index < -0.39 is 34.5 Å². The molecule has 0 spiro atoms. The molecule has 0 unspecified atom stereocenters. The number of carbonyl (C=O) groups is 1. The first-order valence-electron chi connectivity index (χ1n) is 13.7. The Morgan fingerprint density at radius 2 is 1.89 bits per heavy atom. The number of fused-ring (bicyclic) bond motifs is 1. The molecule has 2 aromatic heterocycles. The average molecular weight is 631 g/mol. The third kappa shape index (κ3) is 7.45. The van der Waals surface area contributed by atoms with Crippen molar-refractivity contribution in [3.63, 3.8) is 0 Å². The van der Waals surface area contributed by atoms with Crippen molar-refractivity contribution in [1.29, 1.82) is 0 Å². The minimum Gasteiger partial charge on any atom is -0.465 e. The number of nitrogens with one attached hydrogen (secondary N) is 2. The number of anilines is 2. The van der Waals surface area contributed by atoms with Crippen LogP contribution in [0.3, 0.4) is 0 Å². The zero-order valence-corrected chi connectivity index (χ0v) is 24.3. The molecule has 1 fully saturated rings. The molecule has 4 aromatic rings. The molecule has 1 atom stereocenters. The van der Waals surface area contributed by atoms with Gasteiger partial charge in [-0.2, -0.15) is 13.2 Å². The van der Waals surface area contributed by atoms with Gasteiger partial charge in [0.25, 0.3) is 0 Å². The molecule has 1 saturated heterocycles. The zero-order valence-electron chi connectivity index (χ0n) is 23.5. The van der Waals surface area contributed by atoms with E-state index in [4.69, 9.17) is 4.74 Å². The molecular weight excluding hydrogens is 601 g/mol. The van der Waals surface area contributed by atoms with Crippen molar-refractivity contribution < 1.29 is 36.2 Å². The van der Waals surface area contributed by atoms with Gasteiger partial charge >= 0.3 is 12.3 Å². The van der Waals surface area contributed by atoms with E-state index in [2.05, 4.69) is 25.0 Å². The molecule has 0 radical (unpaired) electrons. The van der Waals surface area contributed by atoms with Crippen LogP contribution in [0.4, 0.5) is 29.6 Å². The van der Waals surface area contributed by atoms with Gasteiger partial charge in [-0.1, -0.05) is 24.3 Å². The highest BCUT2D eigenvalue weighted by Gasteiger charge is 2.30. The molecule has 1 amide bonds. The van der Waals surface area contributed by atoms with Gasteiger partial charge < -0.3 is 20.1 Å². The van der Waals surface area contributed by atoms with E-state index in [1.54, 1.807) is 61.8 Å². The molecule has 0 aliphatic carbocycles. The van der Waals surface area contributed by atoms with Gasteiger partial charge in [0.1, 0.15) is 5.75 Å². The zero-order chi connectivity index (χ0) is 31.5.